The van der Waals surface area contributed by atoms with Crippen molar-refractivity contribution >= 4 is 6.03 Å². The van der Waals surface area contributed by atoms with Gasteiger partial charge in [0.05, 0.1) is 5.69 Å². The number of carbonyl (C=O) groups excluding carboxylic acids is 1. The van der Waals surface area contributed by atoms with Gasteiger partial charge in [-0.2, -0.15) is 0 Å². The largest absolute Gasteiger partial charge is 0.338 e. The minimum absolute atomic E-state index is 0.103. The van der Waals surface area contributed by atoms with Crippen LogP contribution < -0.4 is 5.32 Å². The van der Waals surface area contributed by atoms with E-state index in [0.29, 0.717) is 6.04 Å². The van der Waals surface area contributed by atoms with Gasteiger partial charge >= 0.3 is 6.03 Å². The zero-order chi connectivity index (χ0) is 15.4. The first-order valence-electron chi connectivity index (χ1n) is 8.42. The molecule has 22 heavy (non-hydrogen) atoms. The maximum atomic E-state index is 12.1. The smallest absolute Gasteiger partial charge is 0.317 e. The molecule has 2 fully saturated rings. The highest BCUT2D eigenvalue weighted by Crippen LogP contribution is 2.31. The Bertz CT molecular complexity index is 481. The number of piperazine rings is 1. The third-order valence-corrected chi connectivity index (χ3v) is 4.79. The first-order chi connectivity index (χ1) is 10.7. The van der Waals surface area contributed by atoms with Crippen LogP contribution in [0.25, 0.3) is 0 Å². The van der Waals surface area contributed by atoms with Crippen molar-refractivity contribution in [2.24, 2.45) is 5.92 Å². The normalized spacial score (nSPS) is 20.7. The van der Waals surface area contributed by atoms with Crippen LogP contribution in [0.3, 0.4) is 0 Å². The lowest BCUT2D eigenvalue weighted by molar-refractivity contribution is 0.112. The van der Waals surface area contributed by atoms with Gasteiger partial charge in [0.25, 0.3) is 0 Å². The molecule has 1 aliphatic heterocycles. The molecule has 5 heteroatoms. The maximum Gasteiger partial charge on any atom is 0.317 e. The minimum atomic E-state index is 0.103. The van der Waals surface area contributed by atoms with E-state index in [0.717, 1.165) is 50.8 Å². The summed E-state index contributed by atoms with van der Waals surface area (Å²) < 4.78 is 0. The third kappa shape index (κ3) is 3.97. The van der Waals surface area contributed by atoms with Crippen molar-refractivity contribution in [1.29, 1.82) is 0 Å². The van der Waals surface area contributed by atoms with Gasteiger partial charge in [-0.15, -0.1) is 0 Å². The van der Waals surface area contributed by atoms with Crippen molar-refractivity contribution in [2.75, 3.05) is 32.7 Å². The molecule has 1 aliphatic carbocycles. The van der Waals surface area contributed by atoms with Gasteiger partial charge in [-0.3, -0.25) is 9.88 Å². The Balaban J connectivity index is 1.42. The molecule has 2 amide bonds. The molecule has 1 unspecified atom stereocenters. The van der Waals surface area contributed by atoms with Crippen molar-refractivity contribution in [1.82, 2.24) is 20.1 Å². The Morgan fingerprint density at radius 3 is 2.73 bits per heavy atom. The zero-order valence-corrected chi connectivity index (χ0v) is 13.4. The summed E-state index contributed by atoms with van der Waals surface area (Å²) >= 11 is 0. The highest BCUT2D eigenvalue weighted by Gasteiger charge is 2.25. The van der Waals surface area contributed by atoms with Crippen molar-refractivity contribution < 1.29 is 4.79 Å². The Hall–Kier alpha value is -1.62. The predicted octanol–water partition coefficient (Wildman–Crippen LogP) is 2.27. The van der Waals surface area contributed by atoms with Gasteiger partial charge in [-0.1, -0.05) is 18.9 Å². The van der Waals surface area contributed by atoms with Gasteiger partial charge in [0.2, 0.25) is 0 Å². The molecule has 5 nitrogen and oxygen atoms in total. The Morgan fingerprint density at radius 1 is 1.32 bits per heavy atom. The van der Waals surface area contributed by atoms with E-state index in [2.05, 4.69) is 28.2 Å². The molecule has 0 radical (unpaired) electrons. The number of nitrogens with zero attached hydrogens (tertiary/aromatic N) is 3. The highest BCUT2D eigenvalue weighted by atomic mass is 16.2. The molecule has 0 bridgehead atoms. The summed E-state index contributed by atoms with van der Waals surface area (Å²) in [5.41, 5.74) is 1.10. The number of hydrogen-bond donors (Lipinski definition) is 1. The standard InChI is InChI=1S/C17H26N4O/c1-14(16-4-2-3-8-18-16)20-10-12-21(13-11-20)17(22)19-9-7-15-5-6-15/h2-4,8,14-15H,5-7,9-13H2,1H3,(H,19,22). The molecule has 1 aromatic heterocycles. The van der Waals surface area contributed by atoms with Gasteiger partial charge in [0, 0.05) is 45.0 Å². The van der Waals surface area contributed by atoms with Crippen molar-refractivity contribution in [3.05, 3.63) is 30.1 Å². The van der Waals surface area contributed by atoms with Crippen LogP contribution >= 0.6 is 0 Å². The third-order valence-electron chi connectivity index (χ3n) is 4.79. The first-order valence-corrected chi connectivity index (χ1v) is 8.42. The molecule has 2 aliphatic rings. The number of carbonyl (C=O) groups is 1. The van der Waals surface area contributed by atoms with E-state index < -0.39 is 0 Å². The molecule has 120 valence electrons. The van der Waals surface area contributed by atoms with Crippen LogP contribution in [0.1, 0.15) is 37.9 Å². The van der Waals surface area contributed by atoms with Crippen molar-refractivity contribution in [2.45, 2.75) is 32.2 Å². The fourth-order valence-corrected chi connectivity index (χ4v) is 3.02. The van der Waals surface area contributed by atoms with Gasteiger partial charge in [0.1, 0.15) is 0 Å². The molecule has 1 atom stereocenters. The Kier molecular flexibility index (Phi) is 4.93. The van der Waals surface area contributed by atoms with Crippen LogP contribution in [0, 0.1) is 5.92 Å². The quantitative estimate of drug-likeness (QED) is 0.907. The monoisotopic (exact) mass is 302 g/mol. The summed E-state index contributed by atoms with van der Waals surface area (Å²) in [6, 6.07) is 6.46. The second-order valence-electron chi connectivity index (χ2n) is 6.42. The molecular formula is C17H26N4O. The second kappa shape index (κ2) is 7.09. The average Bonchev–Trinajstić information content (AvgIpc) is 3.39. The van der Waals surface area contributed by atoms with E-state index in [4.69, 9.17) is 0 Å². The molecule has 0 spiro atoms. The van der Waals surface area contributed by atoms with Crippen LogP contribution in [0.15, 0.2) is 24.4 Å². The van der Waals surface area contributed by atoms with Crippen LogP contribution in [-0.2, 0) is 0 Å². The van der Waals surface area contributed by atoms with E-state index in [1.54, 1.807) is 0 Å². The summed E-state index contributed by atoms with van der Waals surface area (Å²) in [7, 11) is 0. The molecule has 1 saturated carbocycles. The molecule has 0 aromatic carbocycles. The number of pyridine rings is 1. The van der Waals surface area contributed by atoms with E-state index in [9.17, 15) is 4.79 Å². The molecule has 3 rings (SSSR count). The number of aromatic nitrogens is 1. The number of rotatable bonds is 5. The minimum Gasteiger partial charge on any atom is -0.338 e. The van der Waals surface area contributed by atoms with E-state index >= 15 is 0 Å². The van der Waals surface area contributed by atoms with Gasteiger partial charge in [-0.05, 0) is 31.4 Å². The SMILES string of the molecule is CC(c1ccccn1)N1CCN(C(=O)NCCC2CC2)CC1. The van der Waals surface area contributed by atoms with Gasteiger partial charge in [0.15, 0.2) is 0 Å². The van der Waals surface area contributed by atoms with Gasteiger partial charge in [-0.25, -0.2) is 4.79 Å². The van der Waals surface area contributed by atoms with Crippen LogP contribution in [-0.4, -0.2) is 53.5 Å². The molecule has 1 N–H and O–H groups in total. The summed E-state index contributed by atoms with van der Waals surface area (Å²) in [5, 5.41) is 3.06. The molecule has 1 aromatic rings. The summed E-state index contributed by atoms with van der Waals surface area (Å²) in [4.78, 5) is 20.9. The summed E-state index contributed by atoms with van der Waals surface area (Å²) in [5.74, 6) is 0.872. The molecule has 1 saturated heterocycles. The predicted molar refractivity (Wildman–Crippen MR) is 86.5 cm³/mol. The fourth-order valence-electron chi connectivity index (χ4n) is 3.02. The van der Waals surface area contributed by atoms with Gasteiger partial charge < -0.3 is 10.2 Å². The Morgan fingerprint density at radius 2 is 2.09 bits per heavy atom. The van der Waals surface area contributed by atoms with E-state index in [1.165, 1.54) is 12.8 Å². The van der Waals surface area contributed by atoms with E-state index in [1.807, 2.05) is 23.2 Å². The topological polar surface area (TPSA) is 48.5 Å². The van der Waals surface area contributed by atoms with Crippen molar-refractivity contribution in [3.8, 4) is 0 Å². The molecule has 2 heterocycles. The average molecular weight is 302 g/mol. The lowest BCUT2D eigenvalue weighted by Crippen LogP contribution is -2.52. The summed E-state index contributed by atoms with van der Waals surface area (Å²) in [6.07, 6.45) is 5.68. The van der Waals surface area contributed by atoms with E-state index in [-0.39, 0.29) is 6.03 Å². The fraction of sp³-hybridized carbons (Fsp3) is 0.647. The molecular weight excluding hydrogens is 276 g/mol. The lowest BCUT2D eigenvalue weighted by atomic mass is 10.1. The number of amides is 2. The van der Waals surface area contributed by atoms with Crippen molar-refractivity contribution in [3.63, 3.8) is 0 Å². The lowest BCUT2D eigenvalue weighted by Gasteiger charge is -2.37. The first kappa shape index (κ1) is 15.3. The summed E-state index contributed by atoms with van der Waals surface area (Å²) in [6.45, 7) is 6.43. The van der Waals surface area contributed by atoms with Crippen LogP contribution in [0.2, 0.25) is 0 Å². The number of urea groups is 1. The van der Waals surface area contributed by atoms with Crippen LogP contribution in [0.4, 0.5) is 4.79 Å². The zero-order valence-electron chi connectivity index (χ0n) is 13.4. The maximum absolute atomic E-state index is 12.1. The number of hydrogen-bond acceptors (Lipinski definition) is 3. The highest BCUT2D eigenvalue weighted by molar-refractivity contribution is 5.74. The second-order valence-corrected chi connectivity index (χ2v) is 6.42. The number of nitrogens with one attached hydrogen (secondary N) is 1. The van der Waals surface area contributed by atoms with Crippen LogP contribution in [0.5, 0.6) is 0 Å². The Labute approximate surface area is 132 Å².